The predicted octanol–water partition coefficient (Wildman–Crippen LogP) is 5.17. The van der Waals surface area contributed by atoms with Gasteiger partial charge in [0.05, 0.1) is 12.6 Å². The number of carbonyl (C=O) groups is 1. The summed E-state index contributed by atoms with van der Waals surface area (Å²) in [5.74, 6) is 1.84. The number of carboxylic acids is 1. The van der Waals surface area contributed by atoms with Gasteiger partial charge in [0.25, 0.3) is 0 Å². The van der Waals surface area contributed by atoms with Gasteiger partial charge in [0.2, 0.25) is 0 Å². The number of ether oxygens (including phenoxy) is 1. The number of nitrogens with zero attached hydrogens (tertiary/aromatic N) is 3. The highest BCUT2D eigenvalue weighted by atomic mass is 32.2. The van der Waals surface area contributed by atoms with Crippen molar-refractivity contribution in [2.24, 2.45) is 11.8 Å². The number of fused-ring (bicyclic) bond motifs is 1. The van der Waals surface area contributed by atoms with Crippen molar-refractivity contribution in [1.29, 1.82) is 0 Å². The lowest BCUT2D eigenvalue weighted by molar-refractivity contribution is -0.139. The summed E-state index contributed by atoms with van der Waals surface area (Å²) in [5, 5.41) is 10.7. The van der Waals surface area contributed by atoms with E-state index in [0.717, 1.165) is 67.7 Å². The minimum atomic E-state index is -0.685. The number of benzene rings is 1. The van der Waals surface area contributed by atoms with Gasteiger partial charge in [-0.3, -0.25) is 14.8 Å². The maximum Gasteiger partial charge on any atom is 0.303 e. The van der Waals surface area contributed by atoms with Gasteiger partial charge in [-0.1, -0.05) is 0 Å². The Morgan fingerprint density at radius 3 is 2.82 bits per heavy atom. The molecule has 1 N–H and O–H groups in total. The second-order valence-electron chi connectivity index (χ2n) is 8.98. The van der Waals surface area contributed by atoms with Crippen molar-refractivity contribution in [3.63, 3.8) is 0 Å². The molecule has 0 amide bonds. The molecule has 2 atom stereocenters. The van der Waals surface area contributed by atoms with Gasteiger partial charge in [-0.15, -0.1) is 11.8 Å². The Kier molecular flexibility index (Phi) is 8.77. The summed E-state index contributed by atoms with van der Waals surface area (Å²) in [6, 6.07) is 12.2. The van der Waals surface area contributed by atoms with Crippen LogP contribution in [0.2, 0.25) is 0 Å². The summed E-state index contributed by atoms with van der Waals surface area (Å²) in [4.78, 5) is 23.8. The van der Waals surface area contributed by atoms with Crippen LogP contribution < -0.4 is 4.74 Å². The third-order valence-electron chi connectivity index (χ3n) is 6.80. The molecule has 0 radical (unpaired) electrons. The molecule has 7 heteroatoms. The van der Waals surface area contributed by atoms with Gasteiger partial charge in [0.1, 0.15) is 5.75 Å². The van der Waals surface area contributed by atoms with E-state index in [4.69, 9.17) is 4.74 Å². The topological polar surface area (TPSA) is 75.5 Å². The van der Waals surface area contributed by atoms with E-state index in [-0.39, 0.29) is 12.3 Å². The number of likely N-dealkylation sites (tertiary alicyclic amines) is 1. The number of aryl methyl sites for hydroxylation is 1. The van der Waals surface area contributed by atoms with Crippen molar-refractivity contribution < 1.29 is 14.6 Å². The number of carboxylic acid groups (broad SMARTS) is 1. The molecule has 0 spiro atoms. The molecule has 4 rings (SSSR count). The van der Waals surface area contributed by atoms with Gasteiger partial charge >= 0.3 is 5.97 Å². The van der Waals surface area contributed by atoms with E-state index in [2.05, 4.69) is 27.0 Å². The molecular formula is C27H33N3O3S. The van der Waals surface area contributed by atoms with Crippen molar-refractivity contribution >= 4 is 28.6 Å². The summed E-state index contributed by atoms with van der Waals surface area (Å²) in [6.45, 7) is 2.91. The molecule has 3 aromatic rings. The molecule has 0 unspecified atom stereocenters. The number of hydrogen-bond donors (Lipinski definition) is 1. The summed E-state index contributed by atoms with van der Waals surface area (Å²) in [7, 11) is 1.68. The number of methoxy groups -OCH3 is 1. The van der Waals surface area contributed by atoms with E-state index in [9.17, 15) is 9.90 Å². The number of aliphatic carboxylic acids is 1. The van der Waals surface area contributed by atoms with Crippen LogP contribution in [0, 0.1) is 11.8 Å². The van der Waals surface area contributed by atoms with Crippen LogP contribution in [0.15, 0.2) is 59.9 Å². The SMILES string of the molecule is COc1ccc2nccc(CCC[C@@H]3CCN(CCSc4ccncc4)C[C@@H]3CC(=O)O)c2c1. The van der Waals surface area contributed by atoms with Gasteiger partial charge in [-0.05, 0) is 86.0 Å². The fourth-order valence-corrected chi connectivity index (χ4v) is 5.90. The fraction of sp³-hybridized carbons (Fsp3) is 0.444. The summed E-state index contributed by atoms with van der Waals surface area (Å²) < 4.78 is 5.40. The van der Waals surface area contributed by atoms with Crippen molar-refractivity contribution in [3.05, 3.63) is 60.6 Å². The lowest BCUT2D eigenvalue weighted by Gasteiger charge is -2.38. The first-order chi connectivity index (χ1) is 16.6. The van der Waals surface area contributed by atoms with E-state index in [1.807, 2.05) is 54.6 Å². The lowest BCUT2D eigenvalue weighted by Crippen LogP contribution is -2.42. The first-order valence-electron chi connectivity index (χ1n) is 12.0. The first kappa shape index (κ1) is 24.5. The number of aromatic nitrogens is 2. The lowest BCUT2D eigenvalue weighted by atomic mass is 9.80. The molecule has 1 aromatic carbocycles. The monoisotopic (exact) mass is 479 g/mol. The van der Waals surface area contributed by atoms with E-state index >= 15 is 0 Å². The van der Waals surface area contributed by atoms with Crippen LogP contribution in [0.5, 0.6) is 5.75 Å². The van der Waals surface area contributed by atoms with Crippen LogP contribution in [-0.4, -0.2) is 58.4 Å². The van der Waals surface area contributed by atoms with E-state index < -0.39 is 5.97 Å². The number of pyridine rings is 2. The van der Waals surface area contributed by atoms with Gasteiger partial charge < -0.3 is 14.7 Å². The number of piperidine rings is 1. The smallest absolute Gasteiger partial charge is 0.303 e. The van der Waals surface area contributed by atoms with Crippen LogP contribution in [0.3, 0.4) is 0 Å². The maximum atomic E-state index is 11.6. The average Bonchev–Trinajstić information content (AvgIpc) is 2.85. The first-order valence-corrected chi connectivity index (χ1v) is 13.0. The Hall–Kier alpha value is -2.64. The Morgan fingerprint density at radius 1 is 1.18 bits per heavy atom. The van der Waals surface area contributed by atoms with Crippen LogP contribution in [-0.2, 0) is 11.2 Å². The van der Waals surface area contributed by atoms with Crippen molar-refractivity contribution in [2.75, 3.05) is 32.5 Å². The minimum Gasteiger partial charge on any atom is -0.497 e. The highest BCUT2D eigenvalue weighted by molar-refractivity contribution is 7.99. The Balaban J connectivity index is 1.31. The van der Waals surface area contributed by atoms with Gasteiger partial charge in [0.15, 0.2) is 0 Å². The van der Waals surface area contributed by atoms with E-state index in [0.29, 0.717) is 5.92 Å². The van der Waals surface area contributed by atoms with Crippen LogP contribution in [0.4, 0.5) is 0 Å². The number of rotatable bonds is 11. The molecular weight excluding hydrogens is 446 g/mol. The third-order valence-corrected chi connectivity index (χ3v) is 7.79. The zero-order valence-corrected chi connectivity index (χ0v) is 20.5. The van der Waals surface area contributed by atoms with Gasteiger partial charge in [-0.25, -0.2) is 0 Å². The second kappa shape index (κ2) is 12.2. The van der Waals surface area contributed by atoms with Gasteiger partial charge in [-0.2, -0.15) is 0 Å². The fourth-order valence-electron chi connectivity index (χ4n) is 5.00. The van der Waals surface area contributed by atoms with Crippen LogP contribution in [0.1, 0.15) is 31.2 Å². The molecule has 6 nitrogen and oxygen atoms in total. The molecule has 180 valence electrons. The molecule has 3 heterocycles. The second-order valence-corrected chi connectivity index (χ2v) is 10.2. The Labute approximate surface area is 205 Å². The molecule has 34 heavy (non-hydrogen) atoms. The molecule has 1 saturated heterocycles. The van der Waals surface area contributed by atoms with E-state index in [1.165, 1.54) is 10.5 Å². The number of thioether (sulfide) groups is 1. The van der Waals surface area contributed by atoms with Crippen molar-refractivity contribution in [2.45, 2.75) is 37.0 Å². The molecule has 0 bridgehead atoms. The van der Waals surface area contributed by atoms with Crippen LogP contribution >= 0.6 is 11.8 Å². The number of hydrogen-bond acceptors (Lipinski definition) is 6. The van der Waals surface area contributed by atoms with Gasteiger partial charge in [0, 0.05) is 54.1 Å². The minimum absolute atomic E-state index is 0.214. The molecule has 0 saturated carbocycles. The molecule has 1 fully saturated rings. The van der Waals surface area contributed by atoms with Crippen molar-refractivity contribution in [3.8, 4) is 5.75 Å². The highest BCUT2D eigenvalue weighted by Crippen LogP contribution is 2.32. The Morgan fingerprint density at radius 2 is 2.03 bits per heavy atom. The normalized spacial score (nSPS) is 18.7. The maximum absolute atomic E-state index is 11.6. The van der Waals surface area contributed by atoms with Crippen LogP contribution in [0.25, 0.3) is 10.9 Å². The zero-order chi connectivity index (χ0) is 23.8. The molecule has 1 aliphatic rings. The quantitative estimate of drug-likeness (QED) is 0.380. The van der Waals surface area contributed by atoms with Crippen molar-refractivity contribution in [1.82, 2.24) is 14.9 Å². The molecule has 0 aliphatic carbocycles. The average molecular weight is 480 g/mol. The highest BCUT2D eigenvalue weighted by Gasteiger charge is 2.30. The third kappa shape index (κ3) is 6.70. The summed E-state index contributed by atoms with van der Waals surface area (Å²) in [6.07, 6.45) is 9.93. The predicted molar refractivity (Wildman–Crippen MR) is 136 cm³/mol. The zero-order valence-electron chi connectivity index (χ0n) is 19.7. The van der Waals surface area contributed by atoms with E-state index in [1.54, 1.807) is 7.11 Å². The Bertz CT molecular complexity index is 1080. The molecule has 2 aromatic heterocycles. The largest absolute Gasteiger partial charge is 0.497 e. The summed E-state index contributed by atoms with van der Waals surface area (Å²) in [5.41, 5.74) is 2.27. The summed E-state index contributed by atoms with van der Waals surface area (Å²) >= 11 is 1.83. The molecule has 1 aliphatic heterocycles. The standard InChI is InChI=1S/C27H33N3O3S/c1-33-23-5-6-26-25(18-23)21(7-13-29-26)4-2-3-20-10-14-30(19-22(20)17-27(31)32)15-16-34-24-8-11-28-12-9-24/h5-9,11-13,18,20,22H,2-4,10,14-17,19H2,1H3,(H,31,32)/t20-,22+/m1/s1.